The number of likely N-dealkylation sites (tertiary alicyclic amines) is 1. The van der Waals surface area contributed by atoms with Crippen LogP contribution in [0.3, 0.4) is 0 Å². The molecule has 1 N–H and O–H groups in total. The van der Waals surface area contributed by atoms with Gasteiger partial charge in [-0.3, -0.25) is 9.59 Å². The first kappa shape index (κ1) is 11.5. The van der Waals surface area contributed by atoms with Gasteiger partial charge in [-0.05, 0) is 12.8 Å². The van der Waals surface area contributed by atoms with Gasteiger partial charge in [0.25, 0.3) is 12.5 Å². The molecule has 1 fully saturated rings. The van der Waals surface area contributed by atoms with E-state index in [0.29, 0.717) is 19.5 Å². The molecular formula is C10H15N3O2. The van der Waals surface area contributed by atoms with E-state index in [0.717, 1.165) is 19.4 Å². The summed E-state index contributed by atoms with van der Waals surface area (Å²) in [4.78, 5) is 26.9. The predicted molar refractivity (Wildman–Crippen MR) is 54.9 cm³/mol. The van der Waals surface area contributed by atoms with E-state index in [-0.39, 0.29) is 18.4 Å². The van der Waals surface area contributed by atoms with Crippen LogP contribution >= 0.6 is 0 Å². The first-order chi connectivity index (χ1) is 7.24. The van der Waals surface area contributed by atoms with E-state index in [9.17, 15) is 9.59 Å². The lowest BCUT2D eigenvalue weighted by molar-refractivity contribution is -0.127. The average Bonchev–Trinajstić information content (AvgIpc) is 2.60. The summed E-state index contributed by atoms with van der Waals surface area (Å²) in [7, 11) is 0. The molecule has 1 heterocycles. The molecule has 15 heavy (non-hydrogen) atoms. The van der Waals surface area contributed by atoms with Gasteiger partial charge in [0.1, 0.15) is 0 Å². The van der Waals surface area contributed by atoms with Gasteiger partial charge in [0.05, 0.1) is 0 Å². The largest absolute Gasteiger partial charge is 0.350 e. The third-order valence-corrected chi connectivity index (χ3v) is 2.32. The minimum Gasteiger partial charge on any atom is -0.350 e. The van der Waals surface area contributed by atoms with Crippen molar-refractivity contribution in [2.24, 2.45) is 0 Å². The molecule has 0 radical (unpaired) electrons. The minimum absolute atomic E-state index is 0.108. The second-order valence-electron chi connectivity index (χ2n) is 3.50. The number of carbonyl (C=O) groups excluding carboxylic acids is 2. The fourth-order valence-corrected chi connectivity index (χ4v) is 1.57. The molecule has 1 saturated heterocycles. The number of hydrogen-bond acceptors (Lipinski definition) is 2. The molecule has 0 atom stereocenters. The Morgan fingerprint density at radius 1 is 1.60 bits per heavy atom. The van der Waals surface area contributed by atoms with Gasteiger partial charge >= 0.3 is 0 Å². The van der Waals surface area contributed by atoms with Crippen LogP contribution in [0.1, 0.15) is 19.3 Å². The van der Waals surface area contributed by atoms with Gasteiger partial charge in [0.2, 0.25) is 5.91 Å². The molecule has 1 aliphatic heterocycles. The Balaban J connectivity index is 2.04. The van der Waals surface area contributed by atoms with Gasteiger partial charge in [0.15, 0.2) is 0 Å². The molecule has 0 aromatic carbocycles. The zero-order chi connectivity index (χ0) is 11.1. The second kappa shape index (κ2) is 6.02. The first-order valence-corrected chi connectivity index (χ1v) is 5.11. The summed E-state index contributed by atoms with van der Waals surface area (Å²) in [5, 5.41) is 2.63. The molecule has 0 spiro atoms. The monoisotopic (exact) mass is 209 g/mol. The maximum absolute atomic E-state index is 11.2. The van der Waals surface area contributed by atoms with Crippen molar-refractivity contribution in [3.8, 4) is 0 Å². The predicted octanol–water partition coefficient (Wildman–Crippen LogP) is 0.0344. The Bertz CT molecular complexity index is 283. The van der Waals surface area contributed by atoms with Crippen LogP contribution in [0.2, 0.25) is 0 Å². The molecule has 0 saturated carbocycles. The van der Waals surface area contributed by atoms with Gasteiger partial charge < -0.3 is 15.1 Å². The number of rotatable bonds is 5. The van der Waals surface area contributed by atoms with Crippen LogP contribution in [-0.4, -0.2) is 42.9 Å². The van der Waals surface area contributed by atoms with Gasteiger partial charge in [-0.1, -0.05) is 0 Å². The second-order valence-corrected chi connectivity index (χ2v) is 3.50. The van der Waals surface area contributed by atoms with Crippen LogP contribution in [0.4, 0.5) is 0 Å². The summed E-state index contributed by atoms with van der Waals surface area (Å²) in [6, 6.07) is 0. The van der Waals surface area contributed by atoms with Crippen molar-refractivity contribution >= 4 is 11.8 Å². The quantitative estimate of drug-likeness (QED) is 0.513. The Morgan fingerprint density at radius 2 is 2.40 bits per heavy atom. The zero-order valence-electron chi connectivity index (χ0n) is 8.66. The van der Waals surface area contributed by atoms with Crippen molar-refractivity contribution in [2.45, 2.75) is 19.3 Å². The van der Waals surface area contributed by atoms with E-state index in [2.05, 4.69) is 10.2 Å². The SMILES string of the molecule is [C-]#[N+]CC(=O)NCCCN1CCCC1=O. The van der Waals surface area contributed by atoms with Crippen molar-refractivity contribution in [1.29, 1.82) is 0 Å². The van der Waals surface area contributed by atoms with Crippen molar-refractivity contribution in [2.75, 3.05) is 26.2 Å². The maximum Gasteiger partial charge on any atom is 0.300 e. The molecule has 5 nitrogen and oxygen atoms in total. The van der Waals surface area contributed by atoms with E-state index < -0.39 is 0 Å². The summed E-state index contributed by atoms with van der Waals surface area (Å²) in [5.74, 6) is -0.0276. The Morgan fingerprint density at radius 3 is 3.00 bits per heavy atom. The molecule has 0 bridgehead atoms. The molecule has 0 unspecified atom stereocenters. The highest BCUT2D eigenvalue weighted by Gasteiger charge is 2.18. The van der Waals surface area contributed by atoms with Crippen molar-refractivity contribution < 1.29 is 9.59 Å². The summed E-state index contributed by atoms with van der Waals surface area (Å²) >= 11 is 0. The maximum atomic E-state index is 11.2. The highest BCUT2D eigenvalue weighted by atomic mass is 16.2. The van der Waals surface area contributed by atoms with E-state index in [4.69, 9.17) is 6.57 Å². The standard InChI is InChI=1S/C10H15N3O2/c1-11-8-9(14)12-5-3-7-13-6-2-4-10(13)15/h2-8H2,(H,12,14). The van der Waals surface area contributed by atoms with Crippen LogP contribution in [-0.2, 0) is 9.59 Å². The highest BCUT2D eigenvalue weighted by Crippen LogP contribution is 2.09. The number of amides is 2. The Kier molecular flexibility index (Phi) is 4.61. The topological polar surface area (TPSA) is 53.8 Å². The van der Waals surface area contributed by atoms with E-state index in [1.807, 2.05) is 4.90 Å². The van der Waals surface area contributed by atoms with Gasteiger partial charge in [-0.25, -0.2) is 6.57 Å². The number of hydrogen-bond donors (Lipinski definition) is 1. The molecule has 0 aromatic rings. The van der Waals surface area contributed by atoms with Crippen LogP contribution in [0.5, 0.6) is 0 Å². The lowest BCUT2D eigenvalue weighted by Crippen LogP contribution is -2.31. The third-order valence-electron chi connectivity index (χ3n) is 2.32. The molecule has 82 valence electrons. The lowest BCUT2D eigenvalue weighted by atomic mass is 10.4. The van der Waals surface area contributed by atoms with Crippen molar-refractivity contribution in [3.05, 3.63) is 11.4 Å². The van der Waals surface area contributed by atoms with Gasteiger partial charge in [0, 0.05) is 26.1 Å². The lowest BCUT2D eigenvalue weighted by Gasteiger charge is -2.14. The van der Waals surface area contributed by atoms with Crippen LogP contribution < -0.4 is 5.32 Å². The highest BCUT2D eigenvalue weighted by molar-refractivity contribution is 5.79. The minimum atomic E-state index is -0.238. The van der Waals surface area contributed by atoms with Crippen molar-refractivity contribution in [3.63, 3.8) is 0 Å². The van der Waals surface area contributed by atoms with E-state index in [1.165, 1.54) is 0 Å². The fourth-order valence-electron chi connectivity index (χ4n) is 1.57. The summed E-state index contributed by atoms with van der Waals surface area (Å²) < 4.78 is 0. The van der Waals surface area contributed by atoms with E-state index >= 15 is 0 Å². The van der Waals surface area contributed by atoms with Crippen molar-refractivity contribution in [1.82, 2.24) is 10.2 Å². The van der Waals surface area contributed by atoms with Crippen LogP contribution in [0.25, 0.3) is 4.85 Å². The van der Waals surface area contributed by atoms with Gasteiger partial charge in [-0.15, -0.1) is 0 Å². The molecule has 2 amide bonds. The van der Waals surface area contributed by atoms with Crippen LogP contribution in [0.15, 0.2) is 0 Å². The smallest absolute Gasteiger partial charge is 0.300 e. The van der Waals surface area contributed by atoms with E-state index in [1.54, 1.807) is 0 Å². The number of nitrogens with one attached hydrogen (secondary N) is 1. The molecule has 1 rings (SSSR count). The first-order valence-electron chi connectivity index (χ1n) is 5.11. The van der Waals surface area contributed by atoms with Gasteiger partial charge in [-0.2, -0.15) is 0 Å². The summed E-state index contributed by atoms with van der Waals surface area (Å²) in [5.41, 5.74) is 0. The molecule has 1 aliphatic rings. The third kappa shape index (κ3) is 3.98. The number of nitrogens with zero attached hydrogens (tertiary/aromatic N) is 2. The summed E-state index contributed by atoms with van der Waals surface area (Å²) in [6.45, 7) is 8.47. The average molecular weight is 209 g/mol. The molecule has 0 aromatic heterocycles. The summed E-state index contributed by atoms with van der Waals surface area (Å²) in [6.07, 6.45) is 2.36. The van der Waals surface area contributed by atoms with Crippen LogP contribution in [0, 0.1) is 6.57 Å². The Hall–Kier alpha value is -1.57. The normalized spacial score (nSPS) is 15.1. The molecule has 5 heteroatoms. The Labute approximate surface area is 89.3 Å². The number of carbonyl (C=O) groups is 2. The zero-order valence-corrected chi connectivity index (χ0v) is 8.66. The molecular weight excluding hydrogens is 194 g/mol. The fraction of sp³-hybridized carbons (Fsp3) is 0.700. The molecule has 0 aliphatic carbocycles.